The van der Waals surface area contributed by atoms with Crippen LogP contribution in [0, 0.1) is 19.8 Å². The number of hydrogen-bond donors (Lipinski definition) is 1. The van der Waals surface area contributed by atoms with Crippen molar-refractivity contribution in [2.75, 3.05) is 13.1 Å². The van der Waals surface area contributed by atoms with E-state index in [9.17, 15) is 0 Å². The van der Waals surface area contributed by atoms with Crippen LogP contribution in [-0.4, -0.2) is 19.2 Å². The molecule has 0 saturated carbocycles. The van der Waals surface area contributed by atoms with Crippen LogP contribution in [0.4, 0.5) is 0 Å². The number of nitrogens with one attached hydrogen (secondary N) is 1. The molecule has 1 fully saturated rings. The fourth-order valence-corrected chi connectivity index (χ4v) is 2.91. The zero-order valence-electron chi connectivity index (χ0n) is 12.0. The first-order valence-corrected chi connectivity index (χ1v) is 7.08. The fraction of sp³-hybridized carbons (Fsp3) is 0.733. The number of rotatable bonds is 4. The van der Waals surface area contributed by atoms with Gasteiger partial charge in [0.2, 0.25) is 0 Å². The van der Waals surface area contributed by atoms with Gasteiger partial charge >= 0.3 is 0 Å². The van der Waals surface area contributed by atoms with Gasteiger partial charge in [0, 0.05) is 18.7 Å². The molecular weight excluding hydrogens is 226 g/mol. The summed E-state index contributed by atoms with van der Waals surface area (Å²) in [5.74, 6) is 2.61. The molecule has 0 bridgehead atoms. The molecule has 0 aliphatic carbocycles. The molecule has 1 aliphatic rings. The molecule has 1 N–H and O–H groups in total. The molecule has 1 saturated heterocycles. The number of morpholine rings is 1. The smallest absolute Gasteiger partial charge is 0.106 e. The molecule has 3 nitrogen and oxygen atoms in total. The number of hydrogen-bond acceptors (Lipinski definition) is 3. The largest absolute Gasteiger partial charge is 0.466 e. The molecule has 0 aromatic carbocycles. The van der Waals surface area contributed by atoms with E-state index in [2.05, 4.69) is 25.2 Å². The van der Waals surface area contributed by atoms with Gasteiger partial charge in [-0.15, -0.1) is 0 Å². The van der Waals surface area contributed by atoms with E-state index in [0.29, 0.717) is 12.0 Å². The van der Waals surface area contributed by atoms with Crippen molar-refractivity contribution in [3.63, 3.8) is 0 Å². The summed E-state index contributed by atoms with van der Waals surface area (Å²) in [6.07, 6.45) is 2.83. The first kappa shape index (κ1) is 13.6. The number of furan rings is 1. The van der Waals surface area contributed by atoms with Gasteiger partial charge in [-0.2, -0.15) is 0 Å². The van der Waals surface area contributed by atoms with Crippen molar-refractivity contribution in [3.05, 3.63) is 23.2 Å². The Morgan fingerprint density at radius 1 is 1.28 bits per heavy atom. The first-order chi connectivity index (χ1) is 8.65. The van der Waals surface area contributed by atoms with Crippen molar-refractivity contribution in [2.45, 2.75) is 52.7 Å². The molecule has 3 heteroatoms. The van der Waals surface area contributed by atoms with Gasteiger partial charge in [0.1, 0.15) is 11.5 Å². The van der Waals surface area contributed by atoms with E-state index in [4.69, 9.17) is 9.15 Å². The lowest BCUT2D eigenvalue weighted by molar-refractivity contribution is -0.0692. The fourth-order valence-electron chi connectivity index (χ4n) is 2.91. The van der Waals surface area contributed by atoms with E-state index in [1.165, 1.54) is 18.4 Å². The first-order valence-electron chi connectivity index (χ1n) is 7.08. The molecule has 1 aromatic heterocycles. The second-order valence-corrected chi connectivity index (χ2v) is 5.27. The molecule has 0 radical (unpaired) electrons. The second kappa shape index (κ2) is 5.89. The molecule has 2 heterocycles. The summed E-state index contributed by atoms with van der Waals surface area (Å²) in [5.41, 5.74) is 1.20. The Balaban J connectivity index is 2.09. The normalized spacial score (nSPS) is 24.7. The highest BCUT2D eigenvalue weighted by molar-refractivity contribution is 5.23. The van der Waals surface area contributed by atoms with Gasteiger partial charge in [-0.05, 0) is 25.8 Å². The molecule has 1 aliphatic heterocycles. The SMILES string of the molecule is CCC(CC)C1CNCC(c2cc(C)oc2C)O1. The Labute approximate surface area is 110 Å². The lowest BCUT2D eigenvalue weighted by Crippen LogP contribution is -2.44. The maximum Gasteiger partial charge on any atom is 0.106 e. The zero-order valence-corrected chi connectivity index (χ0v) is 12.0. The highest BCUT2D eigenvalue weighted by atomic mass is 16.5. The monoisotopic (exact) mass is 251 g/mol. The lowest BCUT2D eigenvalue weighted by Gasteiger charge is -2.35. The summed E-state index contributed by atoms with van der Waals surface area (Å²) in [6, 6.07) is 2.11. The summed E-state index contributed by atoms with van der Waals surface area (Å²) < 4.78 is 11.9. The van der Waals surface area contributed by atoms with Crippen molar-refractivity contribution < 1.29 is 9.15 Å². The van der Waals surface area contributed by atoms with Gasteiger partial charge in [0.15, 0.2) is 0 Å². The third-order valence-electron chi connectivity index (χ3n) is 4.02. The molecular formula is C15H25NO2. The van der Waals surface area contributed by atoms with E-state index >= 15 is 0 Å². The minimum atomic E-state index is 0.141. The van der Waals surface area contributed by atoms with Crippen molar-refractivity contribution >= 4 is 0 Å². The third-order valence-corrected chi connectivity index (χ3v) is 4.02. The van der Waals surface area contributed by atoms with E-state index in [1.54, 1.807) is 0 Å². The number of ether oxygens (including phenoxy) is 1. The highest BCUT2D eigenvalue weighted by Gasteiger charge is 2.29. The molecule has 18 heavy (non-hydrogen) atoms. The minimum absolute atomic E-state index is 0.141. The average Bonchev–Trinajstić information content (AvgIpc) is 2.70. The summed E-state index contributed by atoms with van der Waals surface area (Å²) in [4.78, 5) is 0. The van der Waals surface area contributed by atoms with Crippen LogP contribution in [0.15, 0.2) is 10.5 Å². The van der Waals surface area contributed by atoms with Crippen LogP contribution in [0.3, 0.4) is 0 Å². The lowest BCUT2D eigenvalue weighted by atomic mass is 9.94. The van der Waals surface area contributed by atoms with Crippen molar-refractivity contribution in [2.24, 2.45) is 5.92 Å². The van der Waals surface area contributed by atoms with Crippen LogP contribution in [-0.2, 0) is 4.74 Å². The zero-order chi connectivity index (χ0) is 13.1. The maximum absolute atomic E-state index is 6.29. The molecule has 102 valence electrons. The Bertz CT molecular complexity index is 382. The Morgan fingerprint density at radius 3 is 2.56 bits per heavy atom. The van der Waals surface area contributed by atoms with Crippen LogP contribution in [0.2, 0.25) is 0 Å². The summed E-state index contributed by atoms with van der Waals surface area (Å²) in [6.45, 7) is 10.4. The minimum Gasteiger partial charge on any atom is -0.466 e. The standard InChI is InChI=1S/C15H25NO2/c1-5-12(6-2)14-8-16-9-15(18-14)13-7-10(3)17-11(13)4/h7,12,14-16H,5-6,8-9H2,1-4H3. The van der Waals surface area contributed by atoms with Gasteiger partial charge in [-0.25, -0.2) is 0 Å². The quantitative estimate of drug-likeness (QED) is 0.891. The van der Waals surface area contributed by atoms with Crippen LogP contribution in [0.5, 0.6) is 0 Å². The Hall–Kier alpha value is -0.800. The highest BCUT2D eigenvalue weighted by Crippen LogP contribution is 2.30. The van der Waals surface area contributed by atoms with E-state index in [0.717, 1.165) is 24.6 Å². The van der Waals surface area contributed by atoms with Crippen LogP contribution >= 0.6 is 0 Å². The maximum atomic E-state index is 6.29. The van der Waals surface area contributed by atoms with Crippen LogP contribution < -0.4 is 5.32 Å². The van der Waals surface area contributed by atoms with E-state index < -0.39 is 0 Å². The van der Waals surface area contributed by atoms with Crippen molar-refractivity contribution in [1.29, 1.82) is 0 Å². The van der Waals surface area contributed by atoms with Gasteiger partial charge in [-0.1, -0.05) is 26.7 Å². The molecule has 0 spiro atoms. The Kier molecular flexibility index (Phi) is 4.46. The molecule has 1 aromatic rings. The third kappa shape index (κ3) is 2.78. The van der Waals surface area contributed by atoms with E-state index in [-0.39, 0.29) is 6.10 Å². The molecule has 2 unspecified atom stereocenters. The van der Waals surface area contributed by atoms with Crippen molar-refractivity contribution in [3.8, 4) is 0 Å². The summed E-state index contributed by atoms with van der Waals surface area (Å²) >= 11 is 0. The second-order valence-electron chi connectivity index (χ2n) is 5.27. The van der Waals surface area contributed by atoms with Crippen molar-refractivity contribution in [1.82, 2.24) is 5.32 Å². The predicted octanol–water partition coefficient (Wildman–Crippen LogP) is 3.36. The summed E-state index contributed by atoms with van der Waals surface area (Å²) in [7, 11) is 0. The van der Waals surface area contributed by atoms with Gasteiger partial charge in [0.05, 0.1) is 12.2 Å². The topological polar surface area (TPSA) is 34.4 Å². The van der Waals surface area contributed by atoms with Gasteiger partial charge in [-0.3, -0.25) is 0 Å². The average molecular weight is 251 g/mol. The van der Waals surface area contributed by atoms with Gasteiger partial charge in [0.25, 0.3) is 0 Å². The Morgan fingerprint density at radius 2 is 2.00 bits per heavy atom. The molecule has 0 amide bonds. The summed E-state index contributed by atoms with van der Waals surface area (Å²) in [5, 5.41) is 3.50. The number of aryl methyl sites for hydroxylation is 2. The van der Waals surface area contributed by atoms with Crippen LogP contribution in [0.25, 0.3) is 0 Å². The predicted molar refractivity (Wildman–Crippen MR) is 72.7 cm³/mol. The van der Waals surface area contributed by atoms with Gasteiger partial charge < -0.3 is 14.5 Å². The molecule has 2 atom stereocenters. The molecule has 2 rings (SSSR count). The van der Waals surface area contributed by atoms with Crippen LogP contribution in [0.1, 0.15) is 49.9 Å². The van der Waals surface area contributed by atoms with E-state index in [1.807, 2.05) is 13.8 Å².